The molecule has 3 rings (SSSR count). The van der Waals surface area contributed by atoms with Crippen LogP contribution >= 0.6 is 22.9 Å². The van der Waals surface area contributed by atoms with Crippen molar-refractivity contribution in [3.63, 3.8) is 0 Å². The molecule has 1 aromatic carbocycles. The van der Waals surface area contributed by atoms with Crippen LogP contribution in [0.2, 0.25) is 5.02 Å². The Bertz CT molecular complexity index is 743. The lowest BCUT2D eigenvalue weighted by Crippen LogP contribution is -2.48. The maximum absolute atomic E-state index is 12.6. The summed E-state index contributed by atoms with van der Waals surface area (Å²) in [6.07, 6.45) is 0. The Morgan fingerprint density at radius 1 is 1.25 bits per heavy atom. The molecule has 0 aliphatic carbocycles. The SMILES string of the molecule is O=C(c1ccc([N+](=O)[O-])cc1Cl)N1CCN(Cc2cccs2)CC1. The van der Waals surface area contributed by atoms with Gasteiger partial charge in [-0.2, -0.15) is 0 Å². The molecule has 2 aromatic rings. The van der Waals surface area contributed by atoms with E-state index in [1.54, 1.807) is 16.2 Å². The molecule has 1 saturated heterocycles. The van der Waals surface area contributed by atoms with E-state index in [4.69, 9.17) is 11.6 Å². The number of halogens is 1. The van der Waals surface area contributed by atoms with Crippen molar-refractivity contribution in [2.75, 3.05) is 26.2 Å². The second-order valence-corrected chi connectivity index (χ2v) is 7.01. The number of nitro benzene ring substituents is 1. The number of hydrogen-bond donors (Lipinski definition) is 0. The number of non-ortho nitro benzene ring substituents is 1. The van der Waals surface area contributed by atoms with E-state index in [0.717, 1.165) is 19.6 Å². The average Bonchev–Trinajstić information content (AvgIpc) is 3.08. The summed E-state index contributed by atoms with van der Waals surface area (Å²) in [6.45, 7) is 3.75. The van der Waals surface area contributed by atoms with Gasteiger partial charge in [0.05, 0.1) is 15.5 Å². The van der Waals surface area contributed by atoms with E-state index in [1.165, 1.54) is 23.1 Å². The predicted molar refractivity (Wildman–Crippen MR) is 93.6 cm³/mol. The summed E-state index contributed by atoms with van der Waals surface area (Å²) < 4.78 is 0. The summed E-state index contributed by atoms with van der Waals surface area (Å²) in [4.78, 5) is 28.2. The molecule has 24 heavy (non-hydrogen) atoms. The normalized spacial score (nSPS) is 15.5. The van der Waals surface area contributed by atoms with Crippen molar-refractivity contribution in [1.82, 2.24) is 9.80 Å². The topological polar surface area (TPSA) is 66.7 Å². The average molecular weight is 366 g/mol. The lowest BCUT2D eigenvalue weighted by Gasteiger charge is -2.34. The quantitative estimate of drug-likeness (QED) is 0.616. The first-order chi connectivity index (χ1) is 11.5. The predicted octanol–water partition coefficient (Wildman–Crippen LogP) is 3.27. The standard InChI is InChI=1S/C16H16ClN3O3S/c17-15-10-12(20(22)23)3-4-14(15)16(21)19-7-5-18(6-8-19)11-13-2-1-9-24-13/h1-4,9-10H,5-8,11H2. The van der Waals surface area contributed by atoms with Crippen molar-refractivity contribution in [2.45, 2.75) is 6.54 Å². The molecule has 1 fully saturated rings. The lowest BCUT2D eigenvalue weighted by molar-refractivity contribution is -0.384. The fourth-order valence-electron chi connectivity index (χ4n) is 2.69. The van der Waals surface area contributed by atoms with Crippen molar-refractivity contribution in [3.05, 3.63) is 61.3 Å². The summed E-state index contributed by atoms with van der Waals surface area (Å²) in [5, 5.41) is 12.9. The molecule has 8 heteroatoms. The van der Waals surface area contributed by atoms with E-state index in [2.05, 4.69) is 16.3 Å². The van der Waals surface area contributed by atoms with Crippen LogP contribution in [-0.2, 0) is 6.54 Å². The number of amides is 1. The van der Waals surface area contributed by atoms with E-state index in [-0.39, 0.29) is 16.6 Å². The minimum atomic E-state index is -0.524. The first-order valence-electron chi connectivity index (χ1n) is 7.52. The molecule has 1 amide bonds. The Balaban J connectivity index is 1.62. The van der Waals surface area contributed by atoms with Gasteiger partial charge in [0.2, 0.25) is 0 Å². The molecule has 0 bridgehead atoms. The van der Waals surface area contributed by atoms with Gasteiger partial charge in [-0.1, -0.05) is 17.7 Å². The molecule has 6 nitrogen and oxygen atoms in total. The van der Waals surface area contributed by atoms with Crippen LogP contribution in [0.15, 0.2) is 35.7 Å². The third kappa shape index (κ3) is 3.75. The van der Waals surface area contributed by atoms with Gasteiger partial charge in [-0.3, -0.25) is 19.8 Å². The van der Waals surface area contributed by atoms with Crippen LogP contribution in [0.5, 0.6) is 0 Å². The highest BCUT2D eigenvalue weighted by molar-refractivity contribution is 7.09. The molecular weight excluding hydrogens is 350 g/mol. The van der Waals surface area contributed by atoms with Crippen LogP contribution in [-0.4, -0.2) is 46.8 Å². The first-order valence-corrected chi connectivity index (χ1v) is 8.78. The van der Waals surface area contributed by atoms with Gasteiger partial charge in [0.1, 0.15) is 0 Å². The Kier molecular flexibility index (Phi) is 5.13. The molecule has 0 N–H and O–H groups in total. The van der Waals surface area contributed by atoms with Crippen molar-refractivity contribution in [3.8, 4) is 0 Å². The summed E-state index contributed by atoms with van der Waals surface area (Å²) >= 11 is 7.78. The van der Waals surface area contributed by atoms with E-state index >= 15 is 0 Å². The Hall–Kier alpha value is -1.96. The van der Waals surface area contributed by atoms with Gasteiger partial charge in [-0.15, -0.1) is 11.3 Å². The Morgan fingerprint density at radius 2 is 2.00 bits per heavy atom. The third-order valence-electron chi connectivity index (χ3n) is 4.01. The Morgan fingerprint density at radius 3 is 2.58 bits per heavy atom. The van der Waals surface area contributed by atoms with Crippen molar-refractivity contribution < 1.29 is 9.72 Å². The monoisotopic (exact) mass is 365 g/mol. The van der Waals surface area contributed by atoms with Crippen LogP contribution in [0.3, 0.4) is 0 Å². The number of hydrogen-bond acceptors (Lipinski definition) is 5. The number of rotatable bonds is 4. The van der Waals surface area contributed by atoms with Crippen LogP contribution in [0, 0.1) is 10.1 Å². The van der Waals surface area contributed by atoms with Gasteiger partial charge in [0.25, 0.3) is 11.6 Å². The fraction of sp³-hybridized carbons (Fsp3) is 0.312. The van der Waals surface area contributed by atoms with Crippen LogP contribution in [0.25, 0.3) is 0 Å². The van der Waals surface area contributed by atoms with Crippen molar-refractivity contribution in [1.29, 1.82) is 0 Å². The van der Waals surface area contributed by atoms with Gasteiger partial charge in [0, 0.05) is 49.7 Å². The molecule has 0 spiro atoms. The third-order valence-corrected chi connectivity index (χ3v) is 5.19. The van der Waals surface area contributed by atoms with Gasteiger partial charge in [-0.05, 0) is 17.5 Å². The zero-order valence-electron chi connectivity index (χ0n) is 12.9. The number of nitrogens with zero attached hydrogens (tertiary/aromatic N) is 3. The highest BCUT2D eigenvalue weighted by Gasteiger charge is 2.24. The molecule has 0 saturated carbocycles. The minimum Gasteiger partial charge on any atom is -0.336 e. The highest BCUT2D eigenvalue weighted by Crippen LogP contribution is 2.24. The van der Waals surface area contributed by atoms with E-state index in [9.17, 15) is 14.9 Å². The van der Waals surface area contributed by atoms with E-state index in [1.807, 2.05) is 6.07 Å². The van der Waals surface area contributed by atoms with E-state index in [0.29, 0.717) is 18.7 Å². The molecular formula is C16H16ClN3O3S. The Labute approximate surface area is 148 Å². The molecule has 2 heterocycles. The maximum atomic E-state index is 12.6. The minimum absolute atomic E-state index is 0.114. The second-order valence-electron chi connectivity index (χ2n) is 5.57. The molecule has 1 aromatic heterocycles. The molecule has 0 unspecified atom stereocenters. The van der Waals surface area contributed by atoms with Crippen LogP contribution in [0.1, 0.15) is 15.2 Å². The van der Waals surface area contributed by atoms with Gasteiger partial charge in [-0.25, -0.2) is 0 Å². The second kappa shape index (κ2) is 7.29. The summed E-state index contributed by atoms with van der Waals surface area (Å²) in [7, 11) is 0. The number of piperazine rings is 1. The van der Waals surface area contributed by atoms with Gasteiger partial charge < -0.3 is 4.90 Å². The number of thiophene rings is 1. The smallest absolute Gasteiger partial charge is 0.270 e. The van der Waals surface area contributed by atoms with Gasteiger partial charge >= 0.3 is 0 Å². The van der Waals surface area contributed by atoms with Gasteiger partial charge in [0.15, 0.2) is 0 Å². The zero-order chi connectivity index (χ0) is 17.1. The summed E-state index contributed by atoms with van der Waals surface area (Å²) in [5.74, 6) is -0.175. The molecule has 0 radical (unpaired) electrons. The molecule has 1 aliphatic heterocycles. The van der Waals surface area contributed by atoms with Crippen LogP contribution in [0.4, 0.5) is 5.69 Å². The summed E-state index contributed by atoms with van der Waals surface area (Å²) in [6, 6.07) is 8.12. The van der Waals surface area contributed by atoms with Crippen LogP contribution < -0.4 is 0 Å². The number of benzene rings is 1. The zero-order valence-corrected chi connectivity index (χ0v) is 14.4. The fourth-order valence-corrected chi connectivity index (χ4v) is 3.70. The number of nitro groups is 1. The maximum Gasteiger partial charge on any atom is 0.270 e. The highest BCUT2D eigenvalue weighted by atomic mass is 35.5. The van der Waals surface area contributed by atoms with E-state index < -0.39 is 4.92 Å². The molecule has 1 aliphatic rings. The van der Waals surface area contributed by atoms with Crippen molar-refractivity contribution in [2.24, 2.45) is 0 Å². The summed E-state index contributed by atoms with van der Waals surface area (Å²) in [5.41, 5.74) is 0.200. The molecule has 126 valence electrons. The molecule has 0 atom stereocenters. The number of carbonyl (C=O) groups excluding carboxylic acids is 1. The number of carbonyl (C=O) groups is 1. The lowest BCUT2D eigenvalue weighted by atomic mass is 10.1. The first kappa shape index (κ1) is 16.9. The van der Waals surface area contributed by atoms with Crippen molar-refractivity contribution >= 4 is 34.5 Å². The largest absolute Gasteiger partial charge is 0.336 e.